The van der Waals surface area contributed by atoms with E-state index in [1.807, 2.05) is 43.3 Å². The lowest BCUT2D eigenvalue weighted by Crippen LogP contribution is -2.21. The van der Waals surface area contributed by atoms with Crippen molar-refractivity contribution in [3.63, 3.8) is 0 Å². The van der Waals surface area contributed by atoms with Gasteiger partial charge < -0.3 is 10.1 Å². The molecule has 0 unspecified atom stereocenters. The lowest BCUT2D eigenvalue weighted by molar-refractivity contribution is -0.147. The van der Waals surface area contributed by atoms with Crippen molar-refractivity contribution >= 4 is 28.2 Å². The number of rotatable bonds is 6. The van der Waals surface area contributed by atoms with Crippen LogP contribution in [0.25, 0.3) is 0 Å². The molecule has 0 saturated carbocycles. The number of nitriles is 1. The highest BCUT2D eigenvalue weighted by atomic mass is 32.1. The zero-order valence-corrected chi connectivity index (χ0v) is 13.4. The molecule has 0 fully saturated rings. The number of hydrogen-bond acceptors (Lipinski definition) is 5. The molecule has 1 atom stereocenters. The Bertz CT molecular complexity index is 719. The largest absolute Gasteiger partial charge is 0.456 e. The maximum atomic E-state index is 11.8. The number of esters is 1. The number of nitrogens with zero attached hydrogens (tertiary/aromatic N) is 1. The topological polar surface area (TPSA) is 79.2 Å². The molecular weight excluding hydrogens is 312 g/mol. The summed E-state index contributed by atoms with van der Waals surface area (Å²) in [6.07, 6.45) is 0.208. The van der Waals surface area contributed by atoms with Crippen LogP contribution in [-0.2, 0) is 14.3 Å². The number of carbonyl (C=O) groups is 2. The predicted octanol–water partition coefficient (Wildman–Crippen LogP) is 3.30. The van der Waals surface area contributed by atoms with Gasteiger partial charge in [0.05, 0.1) is 12.0 Å². The minimum atomic E-state index is -0.454. The second kappa shape index (κ2) is 8.11. The summed E-state index contributed by atoms with van der Waals surface area (Å²) >= 11 is 1.25. The molecule has 1 amide bonds. The lowest BCUT2D eigenvalue weighted by Gasteiger charge is -2.11. The number of benzene rings is 1. The molecule has 1 N–H and O–H groups in total. The smallest absolute Gasteiger partial charge is 0.306 e. The van der Waals surface area contributed by atoms with E-state index in [-0.39, 0.29) is 18.9 Å². The molecule has 1 heterocycles. The molecule has 1 aromatic carbocycles. The van der Waals surface area contributed by atoms with Crippen LogP contribution in [0.5, 0.6) is 0 Å². The maximum Gasteiger partial charge on any atom is 0.306 e. The van der Waals surface area contributed by atoms with E-state index in [9.17, 15) is 9.59 Å². The minimum Gasteiger partial charge on any atom is -0.456 e. The average molecular weight is 328 g/mol. The van der Waals surface area contributed by atoms with Gasteiger partial charge in [-0.05, 0) is 22.9 Å². The Kier molecular flexibility index (Phi) is 5.89. The number of ether oxygens (including phenoxy) is 1. The molecule has 6 heteroatoms. The normalized spacial score (nSPS) is 11.3. The third-order valence-corrected chi connectivity index (χ3v) is 4.07. The molecule has 0 aliphatic heterocycles. The quantitative estimate of drug-likeness (QED) is 0.825. The molecule has 2 rings (SSSR count). The number of carbonyl (C=O) groups excluding carboxylic acids is 2. The van der Waals surface area contributed by atoms with Crippen LogP contribution >= 0.6 is 11.3 Å². The van der Waals surface area contributed by atoms with Gasteiger partial charge in [0, 0.05) is 0 Å². The summed E-state index contributed by atoms with van der Waals surface area (Å²) < 4.78 is 4.99. The van der Waals surface area contributed by atoms with Crippen LogP contribution in [0.2, 0.25) is 0 Å². The predicted molar refractivity (Wildman–Crippen MR) is 88.1 cm³/mol. The van der Waals surface area contributed by atoms with E-state index in [0.29, 0.717) is 10.6 Å². The van der Waals surface area contributed by atoms with Crippen molar-refractivity contribution in [3.05, 3.63) is 52.9 Å². The molecule has 0 radical (unpaired) electrons. The highest BCUT2D eigenvalue weighted by Crippen LogP contribution is 2.22. The number of nitrogens with one attached hydrogen (secondary N) is 1. The zero-order chi connectivity index (χ0) is 16.7. The zero-order valence-electron chi connectivity index (χ0n) is 12.6. The fraction of sp³-hybridized carbons (Fsp3) is 0.235. The van der Waals surface area contributed by atoms with E-state index in [2.05, 4.69) is 5.32 Å². The molecule has 2 aromatic rings. The average Bonchev–Trinajstić information content (AvgIpc) is 3.01. The van der Waals surface area contributed by atoms with Gasteiger partial charge in [-0.2, -0.15) is 5.26 Å². The van der Waals surface area contributed by atoms with Crippen LogP contribution < -0.4 is 5.32 Å². The summed E-state index contributed by atoms with van der Waals surface area (Å²) in [4.78, 5) is 23.6. The van der Waals surface area contributed by atoms with Gasteiger partial charge in [-0.3, -0.25) is 9.59 Å². The Morgan fingerprint density at radius 2 is 2.04 bits per heavy atom. The highest BCUT2D eigenvalue weighted by Gasteiger charge is 2.14. The number of anilines is 1. The first-order chi connectivity index (χ1) is 11.1. The van der Waals surface area contributed by atoms with Crippen LogP contribution in [0.1, 0.15) is 30.4 Å². The van der Waals surface area contributed by atoms with Crippen LogP contribution in [0, 0.1) is 11.3 Å². The van der Waals surface area contributed by atoms with Crippen LogP contribution in [0.15, 0.2) is 41.8 Å². The first kappa shape index (κ1) is 16.7. The van der Waals surface area contributed by atoms with E-state index in [1.165, 1.54) is 11.3 Å². The van der Waals surface area contributed by atoms with E-state index in [0.717, 1.165) is 5.56 Å². The Labute approximate surface area is 138 Å². The lowest BCUT2D eigenvalue weighted by atomic mass is 9.98. The van der Waals surface area contributed by atoms with Crippen molar-refractivity contribution in [1.82, 2.24) is 0 Å². The molecule has 0 aliphatic carbocycles. The van der Waals surface area contributed by atoms with Crippen LogP contribution in [-0.4, -0.2) is 18.5 Å². The van der Waals surface area contributed by atoms with Crippen molar-refractivity contribution in [2.75, 3.05) is 11.9 Å². The summed E-state index contributed by atoms with van der Waals surface area (Å²) in [5, 5.41) is 13.6. The second-order valence-electron chi connectivity index (χ2n) is 5.00. The molecule has 0 bridgehead atoms. The first-order valence-corrected chi connectivity index (χ1v) is 7.96. The third kappa shape index (κ3) is 4.94. The van der Waals surface area contributed by atoms with Gasteiger partial charge in [0.25, 0.3) is 5.91 Å². The standard InChI is InChI=1S/C17H16N2O3S/c1-12(13-5-3-2-4-6-13)9-16(21)22-11-15(20)19-17-14(10-18)7-8-23-17/h2-8,12H,9,11H2,1H3,(H,19,20)/t12-/m1/s1. The fourth-order valence-corrected chi connectivity index (χ4v) is 2.76. The van der Waals surface area contributed by atoms with E-state index < -0.39 is 11.9 Å². The van der Waals surface area contributed by atoms with Gasteiger partial charge in [0.1, 0.15) is 11.1 Å². The first-order valence-electron chi connectivity index (χ1n) is 7.08. The molecule has 1 aromatic heterocycles. The number of amides is 1. The Morgan fingerprint density at radius 3 is 2.74 bits per heavy atom. The van der Waals surface area contributed by atoms with Gasteiger partial charge in [0.15, 0.2) is 6.61 Å². The summed E-state index contributed by atoms with van der Waals surface area (Å²) in [7, 11) is 0. The van der Waals surface area contributed by atoms with E-state index in [1.54, 1.807) is 11.4 Å². The van der Waals surface area contributed by atoms with Crippen molar-refractivity contribution in [3.8, 4) is 6.07 Å². The monoisotopic (exact) mass is 328 g/mol. The highest BCUT2D eigenvalue weighted by molar-refractivity contribution is 7.14. The Balaban J connectivity index is 1.78. The molecule has 5 nitrogen and oxygen atoms in total. The van der Waals surface area contributed by atoms with Gasteiger partial charge in [0.2, 0.25) is 0 Å². The van der Waals surface area contributed by atoms with Crippen molar-refractivity contribution in [1.29, 1.82) is 5.26 Å². The molecule has 0 aliphatic rings. The van der Waals surface area contributed by atoms with Gasteiger partial charge in [-0.1, -0.05) is 37.3 Å². The fourth-order valence-electron chi connectivity index (χ4n) is 2.01. The molecule has 118 valence electrons. The van der Waals surface area contributed by atoms with Crippen LogP contribution in [0.3, 0.4) is 0 Å². The summed E-state index contributed by atoms with van der Waals surface area (Å²) in [6.45, 7) is 1.57. The Hall–Kier alpha value is -2.65. The van der Waals surface area contributed by atoms with Gasteiger partial charge in [-0.25, -0.2) is 0 Å². The maximum absolute atomic E-state index is 11.8. The summed E-state index contributed by atoms with van der Waals surface area (Å²) in [5.41, 5.74) is 1.44. The number of hydrogen-bond donors (Lipinski definition) is 1. The minimum absolute atomic E-state index is 0.0225. The third-order valence-electron chi connectivity index (χ3n) is 3.24. The van der Waals surface area contributed by atoms with Crippen molar-refractivity contribution in [2.45, 2.75) is 19.3 Å². The summed E-state index contributed by atoms with van der Waals surface area (Å²) in [6, 6.07) is 13.2. The molecule has 0 saturated heterocycles. The van der Waals surface area contributed by atoms with Crippen LogP contribution in [0.4, 0.5) is 5.00 Å². The number of thiophene rings is 1. The van der Waals surface area contributed by atoms with Crippen molar-refractivity contribution < 1.29 is 14.3 Å². The molecule has 23 heavy (non-hydrogen) atoms. The SMILES string of the molecule is C[C@H](CC(=O)OCC(=O)Nc1sccc1C#N)c1ccccc1. The molecular formula is C17H16N2O3S. The molecule has 0 spiro atoms. The van der Waals surface area contributed by atoms with E-state index >= 15 is 0 Å². The summed E-state index contributed by atoms with van der Waals surface area (Å²) in [5.74, 6) is -0.859. The van der Waals surface area contributed by atoms with Crippen molar-refractivity contribution in [2.24, 2.45) is 0 Å². The van der Waals surface area contributed by atoms with Gasteiger partial charge >= 0.3 is 5.97 Å². The Morgan fingerprint density at radius 1 is 1.30 bits per heavy atom. The van der Waals surface area contributed by atoms with E-state index in [4.69, 9.17) is 10.00 Å². The van der Waals surface area contributed by atoms with Gasteiger partial charge in [-0.15, -0.1) is 11.3 Å². The second-order valence-corrected chi connectivity index (χ2v) is 5.92.